The molecule has 0 saturated heterocycles. The van der Waals surface area contributed by atoms with E-state index in [9.17, 15) is 13.2 Å². The predicted molar refractivity (Wildman–Crippen MR) is 56.1 cm³/mol. The third-order valence-corrected chi connectivity index (χ3v) is 2.46. The third kappa shape index (κ3) is 3.11. The van der Waals surface area contributed by atoms with E-state index in [0.717, 1.165) is 12.3 Å². The zero-order valence-electron chi connectivity index (χ0n) is 8.83. The lowest BCUT2D eigenvalue weighted by Gasteiger charge is -2.05. The number of hydrogen-bond donors (Lipinski definition) is 0. The van der Waals surface area contributed by atoms with E-state index in [1.54, 1.807) is 24.4 Å². The topological polar surface area (TPSA) is 16.8 Å². The van der Waals surface area contributed by atoms with Crippen LogP contribution >= 0.6 is 11.8 Å². The molecule has 0 amide bonds. The zero-order valence-corrected chi connectivity index (χ0v) is 10.3. The summed E-state index contributed by atoms with van der Waals surface area (Å²) in [6.45, 7) is 0. The summed E-state index contributed by atoms with van der Waals surface area (Å²) in [5, 5.41) is 0. The Morgan fingerprint density at radius 1 is 1.11 bits per heavy atom. The summed E-state index contributed by atoms with van der Waals surface area (Å²) in [5.74, 6) is 0. The van der Waals surface area contributed by atoms with Gasteiger partial charge in [0.25, 0.3) is 11.8 Å². The van der Waals surface area contributed by atoms with Crippen LogP contribution in [0.15, 0.2) is 42.7 Å². The summed E-state index contributed by atoms with van der Waals surface area (Å²) in [7, 11) is 0. The second kappa shape index (κ2) is 5.54. The van der Waals surface area contributed by atoms with Crippen molar-refractivity contribution >= 4 is 11.8 Å². The lowest BCUT2D eigenvalue weighted by atomic mass is 10.2. The summed E-state index contributed by atoms with van der Waals surface area (Å²) in [5.41, 5.74) is 0.183. The largest absolute Gasteiger partial charge is 1.00 e. The van der Waals surface area contributed by atoms with E-state index in [2.05, 4.69) is 4.98 Å². The number of aromatic nitrogens is 2. The van der Waals surface area contributed by atoms with Gasteiger partial charge in [0.15, 0.2) is 6.20 Å². The van der Waals surface area contributed by atoms with Crippen molar-refractivity contribution in [1.82, 2.24) is 4.98 Å². The molecule has 0 aliphatic heterocycles. The number of pyridine rings is 2. The van der Waals surface area contributed by atoms with Gasteiger partial charge in [0, 0.05) is 18.3 Å². The highest BCUT2D eigenvalue weighted by Crippen LogP contribution is 2.28. The van der Waals surface area contributed by atoms with Gasteiger partial charge < -0.3 is 12.4 Å². The second-order valence-electron chi connectivity index (χ2n) is 3.33. The first-order valence-corrected chi connectivity index (χ1v) is 5.03. The first-order chi connectivity index (χ1) is 7.98. The molecule has 2 rings (SSSR count). The van der Waals surface area contributed by atoms with Gasteiger partial charge in [0.2, 0.25) is 5.69 Å². The standard InChI is InChI=1S/C11H7ClF3N2.ClH/c12-17-6-2-1-3-9(17)8-4-5-10(16-7-8)11(13,14)15;/h1-7H;1H/q+1;/p-1. The monoisotopic (exact) mass is 294 g/mol. The van der Waals surface area contributed by atoms with Crippen molar-refractivity contribution in [3.05, 3.63) is 48.4 Å². The SMILES string of the molecule is FC(F)(F)c1ccc(-c2cccc[n+]2Cl)cn1.[Cl-]. The molecular formula is C11H7Cl2F3N2. The lowest BCUT2D eigenvalue weighted by Crippen LogP contribution is -3.00. The van der Waals surface area contributed by atoms with Crippen LogP contribution in [0.25, 0.3) is 11.3 Å². The van der Waals surface area contributed by atoms with E-state index in [0.29, 0.717) is 11.3 Å². The molecule has 7 heteroatoms. The summed E-state index contributed by atoms with van der Waals surface area (Å²) in [4.78, 5) is 3.37. The van der Waals surface area contributed by atoms with Crippen LogP contribution in [-0.4, -0.2) is 4.98 Å². The lowest BCUT2D eigenvalue weighted by molar-refractivity contribution is -0.506. The molecule has 2 heterocycles. The number of rotatable bonds is 1. The predicted octanol–water partition coefficient (Wildman–Crippen LogP) is 0.0608. The molecule has 0 atom stereocenters. The smallest absolute Gasteiger partial charge is 0.433 e. The van der Waals surface area contributed by atoms with E-state index in [1.165, 1.54) is 10.2 Å². The van der Waals surface area contributed by atoms with Gasteiger partial charge in [0.1, 0.15) is 5.69 Å². The van der Waals surface area contributed by atoms with Crippen molar-refractivity contribution in [2.24, 2.45) is 0 Å². The molecule has 0 unspecified atom stereocenters. The Hall–Kier alpha value is -1.33. The van der Waals surface area contributed by atoms with E-state index in [1.807, 2.05) is 0 Å². The van der Waals surface area contributed by atoms with Gasteiger partial charge >= 0.3 is 6.18 Å². The minimum Gasteiger partial charge on any atom is -1.00 e. The average Bonchev–Trinajstić information content (AvgIpc) is 2.29. The average molecular weight is 295 g/mol. The Labute approximate surface area is 113 Å². The highest BCUT2D eigenvalue weighted by molar-refractivity contribution is 6.05. The van der Waals surface area contributed by atoms with Crippen LogP contribution in [0.3, 0.4) is 0 Å². The van der Waals surface area contributed by atoms with Gasteiger partial charge in [-0.05, 0) is 18.2 Å². The Morgan fingerprint density at radius 2 is 1.83 bits per heavy atom. The number of halogens is 5. The molecule has 0 aromatic carbocycles. The Balaban J connectivity index is 0.00000162. The molecule has 0 saturated carbocycles. The van der Waals surface area contributed by atoms with Crippen LogP contribution in [0.4, 0.5) is 13.2 Å². The van der Waals surface area contributed by atoms with Crippen LogP contribution in [0.1, 0.15) is 5.69 Å². The first kappa shape index (κ1) is 14.7. The maximum atomic E-state index is 12.3. The highest BCUT2D eigenvalue weighted by atomic mass is 35.5. The van der Waals surface area contributed by atoms with E-state index in [4.69, 9.17) is 11.8 Å². The number of alkyl halides is 3. The molecule has 0 radical (unpaired) electrons. The second-order valence-corrected chi connectivity index (χ2v) is 3.69. The normalized spacial score (nSPS) is 10.9. The third-order valence-electron chi connectivity index (χ3n) is 2.16. The minimum atomic E-state index is -4.42. The van der Waals surface area contributed by atoms with E-state index < -0.39 is 11.9 Å². The summed E-state index contributed by atoms with van der Waals surface area (Å²) in [6.07, 6.45) is -1.68. The number of nitrogens with zero attached hydrogens (tertiary/aromatic N) is 2. The van der Waals surface area contributed by atoms with Gasteiger partial charge in [-0.15, -0.1) is 0 Å². The molecule has 2 aromatic rings. The fourth-order valence-electron chi connectivity index (χ4n) is 1.36. The van der Waals surface area contributed by atoms with Crippen LogP contribution in [0, 0.1) is 0 Å². The maximum Gasteiger partial charge on any atom is 0.433 e. The van der Waals surface area contributed by atoms with Crippen molar-refractivity contribution in [3.63, 3.8) is 0 Å². The van der Waals surface area contributed by atoms with Gasteiger partial charge in [0.05, 0.1) is 5.56 Å². The maximum absolute atomic E-state index is 12.3. The van der Waals surface area contributed by atoms with E-state index >= 15 is 0 Å². The summed E-state index contributed by atoms with van der Waals surface area (Å²) < 4.78 is 38.2. The van der Waals surface area contributed by atoms with Crippen LogP contribution in [0.5, 0.6) is 0 Å². The zero-order chi connectivity index (χ0) is 12.5. The first-order valence-electron chi connectivity index (χ1n) is 4.69. The van der Waals surface area contributed by atoms with Crippen molar-refractivity contribution in [1.29, 1.82) is 0 Å². The van der Waals surface area contributed by atoms with Crippen LogP contribution in [0.2, 0.25) is 0 Å². The van der Waals surface area contributed by atoms with Gasteiger partial charge in [-0.2, -0.15) is 13.2 Å². The molecule has 18 heavy (non-hydrogen) atoms. The molecule has 0 N–H and O–H groups in total. The quantitative estimate of drug-likeness (QED) is 0.727. The molecular weight excluding hydrogens is 288 g/mol. The Kier molecular flexibility index (Phi) is 4.53. The Morgan fingerprint density at radius 3 is 2.33 bits per heavy atom. The fourth-order valence-corrected chi connectivity index (χ4v) is 1.58. The van der Waals surface area contributed by atoms with Crippen molar-refractivity contribution < 1.29 is 29.7 Å². The van der Waals surface area contributed by atoms with Gasteiger partial charge in [-0.3, -0.25) is 4.98 Å². The van der Waals surface area contributed by atoms with Gasteiger partial charge in [-0.25, -0.2) is 0 Å². The Bertz CT molecular complexity index is 527. The molecule has 2 aromatic heterocycles. The molecule has 2 nitrogen and oxygen atoms in total. The summed E-state index contributed by atoms with van der Waals surface area (Å²) >= 11 is 5.86. The van der Waals surface area contributed by atoms with Crippen LogP contribution in [-0.2, 0) is 6.18 Å². The number of hydrogen-bond acceptors (Lipinski definition) is 1. The fraction of sp³-hybridized carbons (Fsp3) is 0.0909. The summed E-state index contributed by atoms with van der Waals surface area (Å²) in [6, 6.07) is 7.42. The molecule has 96 valence electrons. The molecule has 0 aliphatic rings. The van der Waals surface area contributed by atoms with Crippen molar-refractivity contribution in [2.45, 2.75) is 6.18 Å². The van der Waals surface area contributed by atoms with Gasteiger partial charge in [-0.1, -0.05) is 4.09 Å². The molecule has 0 fully saturated rings. The van der Waals surface area contributed by atoms with Crippen molar-refractivity contribution in [3.8, 4) is 11.3 Å². The van der Waals surface area contributed by atoms with Crippen LogP contribution < -0.4 is 16.5 Å². The van der Waals surface area contributed by atoms with Crippen molar-refractivity contribution in [2.75, 3.05) is 0 Å². The minimum absolute atomic E-state index is 0. The molecule has 0 bridgehead atoms. The molecule has 0 spiro atoms. The highest BCUT2D eigenvalue weighted by Gasteiger charge is 2.32. The van der Waals surface area contributed by atoms with E-state index in [-0.39, 0.29) is 12.4 Å². The molecule has 0 aliphatic carbocycles.